The first-order valence-electron chi connectivity index (χ1n) is 4.59. The van der Waals surface area contributed by atoms with Crippen molar-refractivity contribution in [3.05, 3.63) is 47.0 Å². The molecule has 0 bridgehead atoms. The van der Waals surface area contributed by atoms with Gasteiger partial charge in [-0.25, -0.2) is 13.8 Å². The van der Waals surface area contributed by atoms with Gasteiger partial charge in [-0.05, 0) is 11.6 Å². The van der Waals surface area contributed by atoms with Gasteiger partial charge in [-0.2, -0.15) is 5.10 Å². The van der Waals surface area contributed by atoms with E-state index in [4.69, 9.17) is 11.6 Å². The molecule has 16 heavy (non-hydrogen) atoms. The van der Waals surface area contributed by atoms with Crippen LogP contribution in [-0.2, 0) is 12.3 Å². The number of halogens is 3. The average Bonchev–Trinajstić information content (AvgIpc) is 2.70. The minimum atomic E-state index is -0.597. The van der Waals surface area contributed by atoms with Crippen LogP contribution in [0.1, 0.15) is 17.2 Å². The molecule has 6 heteroatoms. The molecule has 0 saturated carbocycles. The Bertz CT molecular complexity index is 499. The zero-order valence-corrected chi connectivity index (χ0v) is 8.93. The molecule has 0 radical (unpaired) electrons. The molecule has 1 aromatic heterocycles. The third-order valence-electron chi connectivity index (χ3n) is 2.07. The summed E-state index contributed by atoms with van der Waals surface area (Å²) in [5.74, 6) is -0.0352. The topological polar surface area (TPSA) is 41.6 Å². The number of alkyl halides is 1. The second-order valence-electron chi connectivity index (χ2n) is 3.24. The van der Waals surface area contributed by atoms with E-state index in [9.17, 15) is 8.78 Å². The molecular weight excluding hydrogens is 236 g/mol. The standard InChI is InChI=1S/C10H8ClF2N3/c11-5-10-14-9(15-16-10)3-6-1-2-7(12)4-8(6)13/h1-2,4H,3,5H2,(H,14,15,16). The van der Waals surface area contributed by atoms with Crippen LogP contribution in [0.3, 0.4) is 0 Å². The van der Waals surface area contributed by atoms with Gasteiger partial charge < -0.3 is 0 Å². The smallest absolute Gasteiger partial charge is 0.165 e. The molecule has 0 spiro atoms. The molecule has 0 atom stereocenters. The van der Waals surface area contributed by atoms with Gasteiger partial charge in [0.1, 0.15) is 17.5 Å². The van der Waals surface area contributed by atoms with E-state index in [2.05, 4.69) is 15.2 Å². The first-order valence-corrected chi connectivity index (χ1v) is 5.12. The highest BCUT2D eigenvalue weighted by molar-refractivity contribution is 6.16. The summed E-state index contributed by atoms with van der Waals surface area (Å²) in [6, 6.07) is 3.43. The quantitative estimate of drug-likeness (QED) is 0.841. The first kappa shape index (κ1) is 11.0. The van der Waals surface area contributed by atoms with E-state index in [0.29, 0.717) is 17.2 Å². The van der Waals surface area contributed by atoms with E-state index in [-0.39, 0.29) is 12.3 Å². The van der Waals surface area contributed by atoms with Gasteiger partial charge in [0.15, 0.2) is 5.82 Å². The highest BCUT2D eigenvalue weighted by Crippen LogP contribution is 2.12. The van der Waals surface area contributed by atoms with Crippen LogP contribution in [0, 0.1) is 11.6 Å². The summed E-state index contributed by atoms with van der Waals surface area (Å²) in [6.07, 6.45) is 0.232. The maximum absolute atomic E-state index is 13.3. The van der Waals surface area contributed by atoms with Crippen molar-refractivity contribution in [1.82, 2.24) is 15.2 Å². The maximum atomic E-state index is 13.3. The Balaban J connectivity index is 2.20. The maximum Gasteiger partial charge on any atom is 0.165 e. The molecular formula is C10H8ClF2N3. The van der Waals surface area contributed by atoms with E-state index < -0.39 is 11.6 Å². The average molecular weight is 244 g/mol. The summed E-state index contributed by atoms with van der Waals surface area (Å²) in [6.45, 7) is 0. The summed E-state index contributed by atoms with van der Waals surface area (Å²) < 4.78 is 25.9. The number of hydrogen-bond acceptors (Lipinski definition) is 2. The molecule has 2 rings (SSSR count). The fourth-order valence-electron chi connectivity index (χ4n) is 1.32. The number of nitrogens with one attached hydrogen (secondary N) is 1. The van der Waals surface area contributed by atoms with Crippen LogP contribution in [-0.4, -0.2) is 15.2 Å². The largest absolute Gasteiger partial charge is 0.263 e. The molecule has 0 aliphatic rings. The fraction of sp³-hybridized carbons (Fsp3) is 0.200. The van der Waals surface area contributed by atoms with Gasteiger partial charge in [-0.3, -0.25) is 5.10 Å². The normalized spacial score (nSPS) is 10.7. The van der Waals surface area contributed by atoms with Gasteiger partial charge in [0.2, 0.25) is 0 Å². The lowest BCUT2D eigenvalue weighted by molar-refractivity contribution is 0.573. The van der Waals surface area contributed by atoms with Crippen LogP contribution in [0.5, 0.6) is 0 Å². The molecule has 0 saturated heterocycles. The predicted molar refractivity (Wildman–Crippen MR) is 55.1 cm³/mol. The van der Waals surface area contributed by atoms with Crippen molar-refractivity contribution in [1.29, 1.82) is 0 Å². The zero-order chi connectivity index (χ0) is 11.5. The van der Waals surface area contributed by atoms with Gasteiger partial charge in [0.25, 0.3) is 0 Å². The summed E-state index contributed by atoms with van der Waals surface area (Å²) in [5.41, 5.74) is 0.360. The Morgan fingerprint density at radius 1 is 1.31 bits per heavy atom. The van der Waals surface area contributed by atoms with Crippen molar-refractivity contribution < 1.29 is 8.78 Å². The summed E-state index contributed by atoms with van der Waals surface area (Å²) >= 11 is 5.53. The second kappa shape index (κ2) is 4.57. The van der Waals surface area contributed by atoms with Crippen molar-refractivity contribution in [2.24, 2.45) is 0 Å². The number of H-pyrrole nitrogens is 1. The minimum Gasteiger partial charge on any atom is -0.263 e. The van der Waals surface area contributed by atoms with Crippen LogP contribution in [0.2, 0.25) is 0 Å². The van der Waals surface area contributed by atoms with Crippen LogP contribution in [0.4, 0.5) is 8.78 Å². The van der Waals surface area contributed by atoms with E-state index in [1.807, 2.05) is 0 Å². The lowest BCUT2D eigenvalue weighted by Gasteiger charge is -1.99. The van der Waals surface area contributed by atoms with E-state index in [1.165, 1.54) is 12.1 Å². The van der Waals surface area contributed by atoms with Gasteiger partial charge >= 0.3 is 0 Å². The molecule has 3 nitrogen and oxygen atoms in total. The monoisotopic (exact) mass is 243 g/mol. The van der Waals surface area contributed by atoms with Gasteiger partial charge in [-0.1, -0.05) is 6.07 Å². The van der Waals surface area contributed by atoms with Crippen molar-refractivity contribution in [3.8, 4) is 0 Å². The molecule has 1 heterocycles. The Kier molecular flexibility index (Phi) is 3.14. The number of hydrogen-bond donors (Lipinski definition) is 1. The Labute approximate surface area is 95.5 Å². The number of nitrogens with zero attached hydrogens (tertiary/aromatic N) is 2. The molecule has 84 valence electrons. The van der Waals surface area contributed by atoms with Crippen molar-refractivity contribution in [3.63, 3.8) is 0 Å². The summed E-state index contributed by atoms with van der Waals surface area (Å²) in [4.78, 5) is 4.03. The lowest BCUT2D eigenvalue weighted by Crippen LogP contribution is -1.95. The molecule has 0 aliphatic carbocycles. The highest BCUT2D eigenvalue weighted by atomic mass is 35.5. The molecule has 0 fully saturated rings. The number of rotatable bonds is 3. The number of aromatic nitrogens is 3. The van der Waals surface area contributed by atoms with E-state index in [0.717, 1.165) is 6.07 Å². The van der Waals surface area contributed by atoms with Crippen LogP contribution >= 0.6 is 11.6 Å². The highest BCUT2D eigenvalue weighted by Gasteiger charge is 2.08. The Morgan fingerprint density at radius 2 is 2.12 bits per heavy atom. The summed E-state index contributed by atoms with van der Waals surface area (Å²) in [5, 5.41) is 6.45. The lowest BCUT2D eigenvalue weighted by atomic mass is 10.1. The minimum absolute atomic E-state index is 0.197. The zero-order valence-electron chi connectivity index (χ0n) is 8.17. The third-order valence-corrected chi connectivity index (χ3v) is 2.31. The first-order chi connectivity index (χ1) is 7.69. The van der Waals surface area contributed by atoms with Crippen LogP contribution in [0.25, 0.3) is 0 Å². The Morgan fingerprint density at radius 3 is 2.75 bits per heavy atom. The van der Waals surface area contributed by atoms with Crippen molar-refractivity contribution in [2.75, 3.05) is 0 Å². The predicted octanol–water partition coefficient (Wildman–Crippen LogP) is 2.41. The van der Waals surface area contributed by atoms with Gasteiger partial charge in [0, 0.05) is 12.5 Å². The van der Waals surface area contributed by atoms with E-state index in [1.54, 1.807) is 0 Å². The van der Waals surface area contributed by atoms with E-state index >= 15 is 0 Å². The van der Waals surface area contributed by atoms with Gasteiger partial charge in [0.05, 0.1) is 5.88 Å². The number of aromatic amines is 1. The van der Waals surface area contributed by atoms with Crippen molar-refractivity contribution in [2.45, 2.75) is 12.3 Å². The van der Waals surface area contributed by atoms with Crippen LogP contribution < -0.4 is 0 Å². The molecule has 1 aromatic carbocycles. The SMILES string of the molecule is Fc1ccc(Cc2nc(CCl)n[nH]2)c(F)c1. The number of benzene rings is 1. The molecule has 0 unspecified atom stereocenters. The second-order valence-corrected chi connectivity index (χ2v) is 3.51. The summed E-state index contributed by atoms with van der Waals surface area (Å²) in [7, 11) is 0. The molecule has 0 aliphatic heterocycles. The van der Waals surface area contributed by atoms with Gasteiger partial charge in [-0.15, -0.1) is 11.6 Å². The fourth-order valence-corrected chi connectivity index (χ4v) is 1.44. The molecule has 1 N–H and O–H groups in total. The molecule has 0 amide bonds. The molecule has 2 aromatic rings. The van der Waals surface area contributed by atoms with Crippen LogP contribution in [0.15, 0.2) is 18.2 Å². The van der Waals surface area contributed by atoms with Crippen molar-refractivity contribution >= 4 is 11.6 Å². The Hall–Kier alpha value is -1.49. The third kappa shape index (κ3) is 2.36.